The quantitative estimate of drug-likeness (QED) is 0.517. The van der Waals surface area contributed by atoms with Gasteiger partial charge in [0.05, 0.1) is 14.2 Å². The first kappa shape index (κ1) is 16.8. The van der Waals surface area contributed by atoms with Crippen molar-refractivity contribution in [1.82, 2.24) is 0 Å². The fourth-order valence-electron chi connectivity index (χ4n) is 2.91. The Hall–Kier alpha value is -3.60. The predicted molar refractivity (Wildman–Crippen MR) is 104 cm³/mol. The van der Waals surface area contributed by atoms with Crippen molar-refractivity contribution < 1.29 is 19.0 Å². The number of esters is 1. The number of carbonyl (C=O) groups is 1. The molecule has 0 spiro atoms. The van der Waals surface area contributed by atoms with E-state index < -0.39 is 5.97 Å². The lowest BCUT2D eigenvalue weighted by atomic mass is 10.1. The number of carbonyl (C=O) groups excluding carboxylic acids is 1. The highest BCUT2D eigenvalue weighted by Gasteiger charge is 2.24. The molecule has 1 aliphatic heterocycles. The van der Waals surface area contributed by atoms with Crippen LogP contribution in [0.1, 0.15) is 11.1 Å². The summed E-state index contributed by atoms with van der Waals surface area (Å²) in [5.74, 6) is 1.28. The highest BCUT2D eigenvalue weighted by molar-refractivity contribution is 6.13. The van der Waals surface area contributed by atoms with E-state index in [1.165, 1.54) is 0 Å². The summed E-state index contributed by atoms with van der Waals surface area (Å²) in [7, 11) is 3.23. The van der Waals surface area contributed by atoms with E-state index in [9.17, 15) is 4.79 Å². The second-order valence-electron chi connectivity index (χ2n) is 6.04. The summed E-state index contributed by atoms with van der Waals surface area (Å²) >= 11 is 0. The minimum absolute atomic E-state index is 0.265. The third kappa shape index (κ3) is 3.40. The SMILES string of the molecule is COc1cccc(C2=N/C(=C\c3ccc4cc(OC)ccc4c3)C(=O)O2)c1. The summed E-state index contributed by atoms with van der Waals surface area (Å²) in [5, 5.41) is 2.11. The van der Waals surface area contributed by atoms with Gasteiger partial charge in [-0.2, -0.15) is 0 Å². The van der Waals surface area contributed by atoms with Crippen molar-refractivity contribution in [3.8, 4) is 11.5 Å². The molecule has 5 heteroatoms. The van der Waals surface area contributed by atoms with Crippen LogP contribution in [0, 0.1) is 0 Å². The van der Waals surface area contributed by atoms with Gasteiger partial charge in [-0.25, -0.2) is 9.79 Å². The van der Waals surface area contributed by atoms with Gasteiger partial charge in [0, 0.05) is 5.56 Å². The highest BCUT2D eigenvalue weighted by atomic mass is 16.6. The lowest BCUT2D eigenvalue weighted by molar-refractivity contribution is -0.129. The van der Waals surface area contributed by atoms with E-state index in [0.29, 0.717) is 11.3 Å². The predicted octanol–water partition coefficient (Wildman–Crippen LogP) is 4.20. The molecule has 0 saturated heterocycles. The number of methoxy groups -OCH3 is 2. The van der Waals surface area contributed by atoms with Crippen molar-refractivity contribution in [2.24, 2.45) is 4.99 Å². The second-order valence-corrected chi connectivity index (χ2v) is 6.04. The number of benzene rings is 3. The molecule has 5 nitrogen and oxygen atoms in total. The number of fused-ring (bicyclic) bond motifs is 1. The van der Waals surface area contributed by atoms with Crippen molar-refractivity contribution in [2.75, 3.05) is 14.2 Å². The van der Waals surface area contributed by atoms with E-state index in [-0.39, 0.29) is 11.6 Å². The molecular formula is C22H17NO4. The van der Waals surface area contributed by atoms with Gasteiger partial charge in [-0.15, -0.1) is 0 Å². The van der Waals surface area contributed by atoms with Gasteiger partial charge in [0.1, 0.15) is 11.5 Å². The average Bonchev–Trinajstić information content (AvgIpc) is 3.08. The summed E-state index contributed by atoms with van der Waals surface area (Å²) in [5.41, 5.74) is 1.83. The van der Waals surface area contributed by atoms with Crippen LogP contribution < -0.4 is 9.47 Å². The van der Waals surface area contributed by atoms with Crippen LogP contribution in [0.15, 0.2) is 71.4 Å². The van der Waals surface area contributed by atoms with Crippen molar-refractivity contribution in [3.63, 3.8) is 0 Å². The molecule has 27 heavy (non-hydrogen) atoms. The topological polar surface area (TPSA) is 57.1 Å². The van der Waals surface area contributed by atoms with Crippen molar-refractivity contribution >= 4 is 28.7 Å². The summed E-state index contributed by atoms with van der Waals surface area (Å²) in [6.45, 7) is 0. The molecule has 0 N–H and O–H groups in total. The van der Waals surface area contributed by atoms with E-state index in [1.807, 2.05) is 54.6 Å². The molecule has 0 atom stereocenters. The number of aliphatic imine (C=N–C) groups is 1. The molecule has 4 rings (SSSR count). The molecule has 0 aliphatic carbocycles. The molecule has 0 fully saturated rings. The average molecular weight is 359 g/mol. The molecule has 3 aromatic carbocycles. The monoisotopic (exact) mass is 359 g/mol. The van der Waals surface area contributed by atoms with Crippen LogP contribution in [0.5, 0.6) is 11.5 Å². The minimum atomic E-state index is -0.470. The Morgan fingerprint density at radius 2 is 1.63 bits per heavy atom. The number of hydrogen-bond acceptors (Lipinski definition) is 5. The van der Waals surface area contributed by atoms with Crippen LogP contribution in [0.2, 0.25) is 0 Å². The summed E-state index contributed by atoms with van der Waals surface area (Å²) in [6.07, 6.45) is 1.72. The zero-order chi connectivity index (χ0) is 18.8. The third-order valence-corrected chi connectivity index (χ3v) is 4.31. The van der Waals surface area contributed by atoms with Crippen LogP contribution in [-0.2, 0) is 9.53 Å². The first-order valence-electron chi connectivity index (χ1n) is 8.41. The Morgan fingerprint density at radius 1 is 0.889 bits per heavy atom. The van der Waals surface area contributed by atoms with Crippen molar-refractivity contribution in [1.29, 1.82) is 0 Å². The molecule has 134 valence electrons. The lowest BCUT2D eigenvalue weighted by Gasteiger charge is -2.03. The molecule has 0 bridgehead atoms. The van der Waals surface area contributed by atoms with E-state index >= 15 is 0 Å². The maximum atomic E-state index is 12.2. The normalized spacial score (nSPS) is 15.0. The molecule has 0 radical (unpaired) electrons. The summed E-state index contributed by atoms with van der Waals surface area (Å²) in [4.78, 5) is 16.6. The van der Waals surface area contributed by atoms with Gasteiger partial charge in [-0.1, -0.05) is 24.3 Å². The van der Waals surface area contributed by atoms with Gasteiger partial charge in [-0.3, -0.25) is 0 Å². The molecular weight excluding hydrogens is 342 g/mol. The fraction of sp³-hybridized carbons (Fsp3) is 0.0909. The molecule has 0 saturated carbocycles. The maximum absolute atomic E-state index is 12.2. The second kappa shape index (κ2) is 6.96. The van der Waals surface area contributed by atoms with Gasteiger partial charge < -0.3 is 14.2 Å². The van der Waals surface area contributed by atoms with Crippen molar-refractivity contribution in [2.45, 2.75) is 0 Å². The third-order valence-electron chi connectivity index (χ3n) is 4.31. The lowest BCUT2D eigenvalue weighted by Crippen LogP contribution is -2.05. The standard InChI is InChI=1S/C22H17NO4/c1-25-18-5-3-4-17(13-18)21-23-20(22(24)27-21)11-14-6-7-16-12-19(26-2)9-8-15(16)10-14/h3-13H,1-2H3/b20-11-. The smallest absolute Gasteiger partial charge is 0.363 e. The van der Waals surface area contributed by atoms with Crippen LogP contribution in [0.4, 0.5) is 0 Å². The van der Waals surface area contributed by atoms with Gasteiger partial charge in [0.15, 0.2) is 5.70 Å². The molecule has 3 aromatic rings. The Bertz CT molecular complexity index is 1100. The Labute approximate surface area is 156 Å². The van der Waals surface area contributed by atoms with Crippen LogP contribution in [-0.4, -0.2) is 26.1 Å². The maximum Gasteiger partial charge on any atom is 0.363 e. The Morgan fingerprint density at radius 3 is 2.44 bits per heavy atom. The Kier molecular flexibility index (Phi) is 4.34. The molecule has 0 amide bonds. The molecule has 1 aliphatic rings. The molecule has 0 aromatic heterocycles. The molecule has 1 heterocycles. The molecule has 0 unspecified atom stereocenters. The van der Waals surface area contributed by atoms with E-state index in [2.05, 4.69) is 4.99 Å². The number of hydrogen-bond donors (Lipinski definition) is 0. The van der Waals surface area contributed by atoms with Crippen LogP contribution >= 0.6 is 0 Å². The van der Waals surface area contributed by atoms with Crippen molar-refractivity contribution in [3.05, 3.63) is 77.5 Å². The van der Waals surface area contributed by atoms with Gasteiger partial charge in [0.2, 0.25) is 5.90 Å². The van der Waals surface area contributed by atoms with Gasteiger partial charge in [0.25, 0.3) is 0 Å². The largest absolute Gasteiger partial charge is 0.497 e. The van der Waals surface area contributed by atoms with Gasteiger partial charge >= 0.3 is 5.97 Å². The number of nitrogens with zero attached hydrogens (tertiary/aromatic N) is 1. The highest BCUT2D eigenvalue weighted by Crippen LogP contribution is 2.25. The number of ether oxygens (including phenoxy) is 3. The summed E-state index contributed by atoms with van der Waals surface area (Å²) in [6, 6.07) is 19.0. The zero-order valence-electron chi connectivity index (χ0n) is 14.9. The first-order chi connectivity index (χ1) is 13.2. The zero-order valence-corrected chi connectivity index (χ0v) is 14.9. The first-order valence-corrected chi connectivity index (χ1v) is 8.41. The van der Waals surface area contributed by atoms with Gasteiger partial charge in [-0.05, 0) is 58.8 Å². The summed E-state index contributed by atoms with van der Waals surface area (Å²) < 4.78 is 15.8. The fourth-order valence-corrected chi connectivity index (χ4v) is 2.91. The number of rotatable bonds is 4. The van der Waals surface area contributed by atoms with Crippen LogP contribution in [0.25, 0.3) is 16.8 Å². The van der Waals surface area contributed by atoms with Crippen LogP contribution in [0.3, 0.4) is 0 Å². The minimum Gasteiger partial charge on any atom is -0.497 e. The number of cyclic esters (lactones) is 1. The van der Waals surface area contributed by atoms with E-state index in [4.69, 9.17) is 14.2 Å². The Balaban J connectivity index is 1.67. The van der Waals surface area contributed by atoms with E-state index in [1.54, 1.807) is 26.4 Å². The van der Waals surface area contributed by atoms with E-state index in [0.717, 1.165) is 22.1 Å².